The number of aromatic nitrogens is 8. The lowest BCUT2D eigenvalue weighted by atomic mass is 9.84. The topological polar surface area (TPSA) is 531 Å². The van der Waals surface area contributed by atoms with E-state index in [0.717, 1.165) is 22.7 Å². The van der Waals surface area contributed by atoms with Crippen molar-refractivity contribution in [3.63, 3.8) is 0 Å². The molecule has 6 rings (SSSR count). The van der Waals surface area contributed by atoms with Crippen molar-refractivity contribution < 1.29 is 74.6 Å². The van der Waals surface area contributed by atoms with Crippen molar-refractivity contribution in [2.24, 2.45) is 44.3 Å². The van der Waals surface area contributed by atoms with Crippen LogP contribution < -0.4 is 28.7 Å². The third-order valence-corrected chi connectivity index (χ3v) is 13.5. The maximum absolute atomic E-state index is 13.2. The first-order valence-corrected chi connectivity index (χ1v) is 25.0. The number of oxime groups is 2. The van der Waals surface area contributed by atoms with Crippen molar-refractivity contribution in [1.29, 1.82) is 0 Å². The van der Waals surface area contributed by atoms with Crippen LogP contribution in [-0.2, 0) is 85.2 Å². The first kappa shape index (κ1) is 56.3. The summed E-state index contributed by atoms with van der Waals surface area (Å²) >= 11 is 1.96. The fourth-order valence-corrected chi connectivity index (χ4v) is 9.32. The quantitative estimate of drug-likeness (QED) is 0.0115. The third-order valence-electron chi connectivity index (χ3n) is 10.2. The second-order valence-electron chi connectivity index (χ2n) is 16.4. The molecule has 14 N–H and O–H groups in total. The summed E-state index contributed by atoms with van der Waals surface area (Å²) in [5, 5.41) is 36.9. The predicted octanol–water partition coefficient (Wildman–Crippen LogP) is -3.39. The average Bonchev–Trinajstić information content (AvgIpc) is 4.12. The number of carbonyl (C=O) groups is 6. The number of carboxylic acid groups (broad SMARTS) is 2. The SMILES string of the molecule is CC(C)(O/N=C(\C(=O)C[C@@H]1C(=O)N(S(=O)(=O)O)[C@@H]1Cn1cnc(CN)n1)c1csc(N)n1)C(=O)O.CC(C)(O/N=C(\C(=O)C[C@@H]1C(=O)N(S(=O)(=O)O)[C@@H]1Cn1cnc(CN=C(N)N)n1)c1csc(N)n1)C(=O)O. The summed E-state index contributed by atoms with van der Waals surface area (Å²) < 4.78 is 69.1. The molecule has 4 atom stereocenters. The number of amides is 2. The Balaban J connectivity index is 0.000000272. The lowest BCUT2D eigenvalue weighted by molar-refractivity contribution is -0.161. The maximum atomic E-state index is 13.2. The lowest BCUT2D eigenvalue weighted by Crippen LogP contribution is -2.64. The van der Waals surface area contributed by atoms with Gasteiger partial charge in [-0.1, -0.05) is 10.3 Å². The number of nitrogens with zero attached hydrogens (tertiary/aromatic N) is 13. The van der Waals surface area contributed by atoms with E-state index in [1.807, 2.05) is 0 Å². The number of rotatable bonds is 23. The van der Waals surface area contributed by atoms with Crippen LogP contribution in [0.4, 0.5) is 10.3 Å². The molecular weight excluding hydrogens is 1060 g/mol. The van der Waals surface area contributed by atoms with E-state index in [1.165, 1.54) is 60.5 Å². The normalized spacial score (nSPS) is 18.5. The molecule has 2 amide bonds. The highest BCUT2D eigenvalue weighted by Gasteiger charge is 2.55. The van der Waals surface area contributed by atoms with Gasteiger partial charge < -0.3 is 48.6 Å². The molecule has 6 heterocycles. The summed E-state index contributed by atoms with van der Waals surface area (Å²) in [7, 11) is -9.89. The molecule has 0 bridgehead atoms. The van der Waals surface area contributed by atoms with Crippen LogP contribution in [0.3, 0.4) is 0 Å². The van der Waals surface area contributed by atoms with Crippen LogP contribution in [0, 0.1) is 11.8 Å². The van der Waals surface area contributed by atoms with Crippen molar-refractivity contribution in [1.82, 2.24) is 48.1 Å². The highest BCUT2D eigenvalue weighted by atomic mass is 32.2. The smallest absolute Gasteiger partial charge is 0.362 e. The van der Waals surface area contributed by atoms with Gasteiger partial charge in [0.1, 0.15) is 30.6 Å². The molecule has 0 aliphatic carbocycles. The van der Waals surface area contributed by atoms with E-state index in [0.29, 0.717) is 0 Å². The maximum Gasteiger partial charge on any atom is 0.362 e. The summed E-state index contributed by atoms with van der Waals surface area (Å²) in [6, 6.07) is -2.40. The highest BCUT2D eigenvalue weighted by molar-refractivity contribution is 7.84. The molecule has 0 radical (unpaired) electrons. The first-order chi connectivity index (χ1) is 33.8. The summed E-state index contributed by atoms with van der Waals surface area (Å²) in [6.07, 6.45) is 1.35. The Labute approximate surface area is 419 Å². The second kappa shape index (κ2) is 22.0. The molecule has 0 unspecified atom stereocenters. The van der Waals surface area contributed by atoms with Gasteiger partial charge in [0.2, 0.25) is 23.0 Å². The number of hydrogen-bond donors (Lipinski definition) is 9. The molecule has 396 valence electrons. The number of aliphatic imine (C=N–C) groups is 1. The van der Waals surface area contributed by atoms with E-state index in [2.05, 4.69) is 45.4 Å². The first-order valence-electron chi connectivity index (χ1n) is 20.5. The minimum absolute atomic E-state index is 0.0162. The van der Waals surface area contributed by atoms with Crippen LogP contribution in [0.1, 0.15) is 63.6 Å². The number of aliphatic carboxylic acids is 2. The Hall–Kier alpha value is -7.65. The number of nitrogen functional groups attached to an aromatic ring is 2. The molecule has 2 aliphatic rings. The Bertz CT molecular complexity index is 3100. The van der Waals surface area contributed by atoms with Gasteiger partial charge in [0.15, 0.2) is 50.9 Å². The number of ketones is 2. The fraction of sp³-hybridized carbons (Fsp3) is 0.457. The summed E-state index contributed by atoms with van der Waals surface area (Å²) in [6.45, 7) is 4.29. The molecule has 0 spiro atoms. The fourth-order valence-electron chi connectivity index (χ4n) is 6.38. The monoisotopic (exact) mass is 1100 g/mol. The summed E-state index contributed by atoms with van der Waals surface area (Å²) in [4.78, 5) is 104. The van der Waals surface area contributed by atoms with Gasteiger partial charge in [-0.2, -0.15) is 27.0 Å². The molecule has 73 heavy (non-hydrogen) atoms. The molecule has 2 fully saturated rings. The van der Waals surface area contributed by atoms with Crippen molar-refractivity contribution in [3.8, 4) is 0 Å². The van der Waals surface area contributed by atoms with Crippen molar-refractivity contribution >= 4 is 106 Å². The van der Waals surface area contributed by atoms with E-state index in [1.54, 1.807) is 0 Å². The number of Topliss-reactive ketones (excluding diaryl/α,β-unsaturated/α-hetero) is 2. The van der Waals surface area contributed by atoms with E-state index in [9.17, 15) is 64.9 Å². The van der Waals surface area contributed by atoms with Gasteiger partial charge in [-0.25, -0.2) is 43.1 Å². The molecule has 4 aromatic heterocycles. The van der Waals surface area contributed by atoms with Gasteiger partial charge in [-0.05, 0) is 27.7 Å². The molecule has 2 saturated heterocycles. The van der Waals surface area contributed by atoms with Crippen molar-refractivity contribution in [2.45, 2.75) is 90.0 Å². The largest absolute Gasteiger partial charge is 0.478 e. The van der Waals surface area contributed by atoms with Crippen LogP contribution in [0.5, 0.6) is 0 Å². The predicted molar refractivity (Wildman–Crippen MR) is 250 cm³/mol. The molecule has 0 saturated carbocycles. The van der Waals surface area contributed by atoms with E-state index in [4.69, 9.17) is 38.3 Å². The molecule has 38 heteroatoms. The molecule has 0 aromatic carbocycles. The number of nitrogens with two attached hydrogens (primary N) is 5. The van der Waals surface area contributed by atoms with Crippen LogP contribution in [0.25, 0.3) is 0 Å². The standard InChI is InChI=1S/C18H24N10O8S2.C17H22N8O8S2/c1-18(2,15(31)32)36-26-13(9-6-37-17(21)24-9)11(29)3-8-10(28(14(8)30)38(33,34)35)5-27-7-23-12(25-27)4-22-16(19)20;1-17(2,15(28)29)33-23-13(9-6-34-16(19)21-9)11(26)3-8-10(25(14(8)27)35(30,31)32)5-24-7-20-12(4-18)22-24/h6-8,10H,3-5H2,1-2H3,(H2,21,24)(H,31,32)(H4,19,20,22)(H,33,34,35);6-8,10H,3-5,18H2,1-2H3,(H2,19,21)(H,28,29)(H,30,31,32)/b26-13-;23-13-/t2*8-,10+/m00/s1. The lowest BCUT2D eigenvalue weighted by Gasteiger charge is -2.43. The van der Waals surface area contributed by atoms with Crippen molar-refractivity contribution in [3.05, 3.63) is 46.5 Å². The Morgan fingerprint density at radius 1 is 0.712 bits per heavy atom. The van der Waals surface area contributed by atoms with Gasteiger partial charge in [-0.15, -0.1) is 22.7 Å². The summed E-state index contributed by atoms with van der Waals surface area (Å²) in [5.41, 5.74) is 22.8. The zero-order chi connectivity index (χ0) is 54.5. The Kier molecular flexibility index (Phi) is 17.0. The highest BCUT2D eigenvalue weighted by Crippen LogP contribution is 2.35. The zero-order valence-corrected chi connectivity index (χ0v) is 41.6. The molecule has 34 nitrogen and oxygen atoms in total. The Morgan fingerprint density at radius 3 is 1.41 bits per heavy atom. The summed E-state index contributed by atoms with van der Waals surface area (Å²) in [5.74, 6) is -8.57. The van der Waals surface area contributed by atoms with Gasteiger partial charge in [0, 0.05) is 23.6 Å². The number of thiazole rings is 2. The van der Waals surface area contributed by atoms with E-state index < -0.39 is 115 Å². The number of carboxylic acids is 2. The van der Waals surface area contributed by atoms with Crippen LogP contribution >= 0.6 is 22.7 Å². The van der Waals surface area contributed by atoms with Gasteiger partial charge in [0.25, 0.3) is 0 Å². The van der Waals surface area contributed by atoms with Crippen LogP contribution in [0.2, 0.25) is 0 Å². The van der Waals surface area contributed by atoms with Gasteiger partial charge in [-0.3, -0.25) is 37.6 Å². The van der Waals surface area contributed by atoms with Gasteiger partial charge in [0.05, 0.1) is 43.6 Å². The molecule has 4 aromatic rings. The Morgan fingerprint density at radius 2 is 1.10 bits per heavy atom. The number of β-lactam (4-membered cyclic amide) rings is 2. The number of hydrogen-bond acceptors (Lipinski definition) is 26. The van der Waals surface area contributed by atoms with E-state index >= 15 is 0 Å². The van der Waals surface area contributed by atoms with Crippen molar-refractivity contribution in [2.75, 3.05) is 11.5 Å². The second-order valence-corrected chi connectivity index (χ2v) is 20.7. The minimum atomic E-state index is -4.97. The third kappa shape index (κ3) is 13.7. The van der Waals surface area contributed by atoms with Crippen LogP contribution in [0.15, 0.2) is 38.7 Å². The zero-order valence-electron chi connectivity index (χ0n) is 38.4. The van der Waals surface area contributed by atoms with Crippen LogP contribution in [-0.4, -0.2) is 160 Å². The van der Waals surface area contributed by atoms with E-state index in [-0.39, 0.29) is 74.0 Å². The molecular formula is C35H46N18O16S4. The minimum Gasteiger partial charge on any atom is -0.478 e. The number of carbonyl (C=O) groups excluding carboxylic acids is 4. The average molecular weight is 1100 g/mol. The number of guanidine groups is 1. The molecule has 2 aliphatic heterocycles. The number of anilines is 2. The van der Waals surface area contributed by atoms with Gasteiger partial charge >= 0.3 is 32.5 Å².